The van der Waals surface area contributed by atoms with Gasteiger partial charge in [0.05, 0.1) is 18.3 Å². The summed E-state index contributed by atoms with van der Waals surface area (Å²) in [5, 5.41) is 3.19. The molecule has 0 atom stereocenters. The number of hydrogen-bond donors (Lipinski definition) is 1. The van der Waals surface area contributed by atoms with Crippen LogP contribution in [0.15, 0.2) is 61.2 Å². The molecule has 1 amide bonds. The number of carbonyl (C=O) groups is 1. The minimum absolute atomic E-state index is 0.287. The number of halogens is 1. The summed E-state index contributed by atoms with van der Waals surface area (Å²) in [6, 6.07) is 12.5. The number of benzene rings is 2. The van der Waals surface area contributed by atoms with Crippen molar-refractivity contribution in [1.29, 1.82) is 0 Å². The molecule has 9 heteroatoms. The number of amides is 1. The van der Waals surface area contributed by atoms with Crippen LogP contribution in [0.4, 0.5) is 5.69 Å². The maximum absolute atomic E-state index is 12.4. The van der Waals surface area contributed by atoms with Gasteiger partial charge in [-0.1, -0.05) is 29.8 Å². The van der Waals surface area contributed by atoms with Gasteiger partial charge in [-0.3, -0.25) is 9.10 Å². The zero-order chi connectivity index (χ0) is 21.0. The molecule has 7 nitrogen and oxygen atoms in total. The number of nitrogens with one attached hydrogen (secondary N) is 1. The van der Waals surface area contributed by atoms with Crippen molar-refractivity contribution in [1.82, 2.24) is 14.9 Å². The number of anilines is 1. The Labute approximate surface area is 175 Å². The van der Waals surface area contributed by atoms with Crippen molar-refractivity contribution in [2.75, 3.05) is 17.1 Å². The van der Waals surface area contributed by atoms with Crippen LogP contribution in [0.3, 0.4) is 0 Å². The van der Waals surface area contributed by atoms with Gasteiger partial charge in [-0.05, 0) is 42.3 Å². The molecule has 0 bridgehead atoms. The summed E-state index contributed by atoms with van der Waals surface area (Å²) in [5.41, 5.74) is 3.03. The molecule has 3 rings (SSSR count). The monoisotopic (exact) mass is 432 g/mol. The van der Waals surface area contributed by atoms with Crippen LogP contribution in [-0.2, 0) is 21.4 Å². The molecule has 0 unspecified atom stereocenters. The number of rotatable bonds is 7. The van der Waals surface area contributed by atoms with E-state index < -0.39 is 15.9 Å². The summed E-state index contributed by atoms with van der Waals surface area (Å²) in [6.07, 6.45) is 6.30. The molecule has 0 saturated heterocycles. The van der Waals surface area contributed by atoms with Crippen LogP contribution < -0.4 is 9.62 Å². The lowest BCUT2D eigenvalue weighted by molar-refractivity contribution is -0.119. The molecule has 152 valence electrons. The zero-order valence-corrected chi connectivity index (χ0v) is 17.6. The van der Waals surface area contributed by atoms with Gasteiger partial charge < -0.3 is 9.88 Å². The van der Waals surface area contributed by atoms with Crippen LogP contribution in [-0.4, -0.2) is 36.7 Å². The van der Waals surface area contributed by atoms with E-state index in [1.165, 1.54) is 0 Å². The second-order valence-corrected chi connectivity index (χ2v) is 8.93. The first-order valence-electron chi connectivity index (χ1n) is 8.82. The molecular weight excluding hydrogens is 412 g/mol. The minimum atomic E-state index is -3.65. The van der Waals surface area contributed by atoms with Crippen LogP contribution in [0.5, 0.6) is 0 Å². The molecule has 0 radical (unpaired) electrons. The Morgan fingerprint density at radius 3 is 2.52 bits per heavy atom. The molecule has 1 aromatic heterocycles. The van der Waals surface area contributed by atoms with E-state index >= 15 is 0 Å². The van der Waals surface area contributed by atoms with Crippen molar-refractivity contribution in [3.05, 3.63) is 77.3 Å². The largest absolute Gasteiger partial charge is 0.350 e. The first-order valence-corrected chi connectivity index (χ1v) is 11.0. The SMILES string of the molecule is Cc1ccc(N(CC(=O)NCc2ccc(-n3ccnc3)cc2)S(C)(=O)=O)cc1Cl. The summed E-state index contributed by atoms with van der Waals surface area (Å²) in [6.45, 7) is 1.78. The van der Waals surface area contributed by atoms with Gasteiger partial charge in [0.15, 0.2) is 0 Å². The zero-order valence-electron chi connectivity index (χ0n) is 16.0. The minimum Gasteiger partial charge on any atom is -0.350 e. The molecule has 3 aromatic rings. The van der Waals surface area contributed by atoms with Crippen molar-refractivity contribution in [3.63, 3.8) is 0 Å². The van der Waals surface area contributed by atoms with Gasteiger partial charge in [0.25, 0.3) is 0 Å². The average Bonchev–Trinajstić information content (AvgIpc) is 3.21. The topological polar surface area (TPSA) is 84.3 Å². The standard InChI is InChI=1S/C20H21ClN4O3S/c1-15-3-6-18(11-19(15)21)25(29(2,27)28)13-20(26)23-12-16-4-7-17(8-5-16)24-10-9-22-14-24/h3-11,14H,12-13H2,1-2H3,(H,23,26). The van der Waals surface area contributed by atoms with Crippen molar-refractivity contribution < 1.29 is 13.2 Å². The van der Waals surface area contributed by atoms with Gasteiger partial charge >= 0.3 is 0 Å². The van der Waals surface area contributed by atoms with Crippen LogP contribution in [0.1, 0.15) is 11.1 Å². The molecule has 29 heavy (non-hydrogen) atoms. The third-order valence-corrected chi connectivity index (χ3v) is 5.91. The number of carbonyl (C=O) groups excluding carboxylic acids is 1. The van der Waals surface area contributed by atoms with E-state index in [4.69, 9.17) is 11.6 Å². The molecule has 0 spiro atoms. The molecule has 1 heterocycles. The second-order valence-electron chi connectivity index (χ2n) is 6.62. The fraction of sp³-hybridized carbons (Fsp3) is 0.200. The number of aryl methyl sites for hydroxylation is 1. The van der Waals surface area contributed by atoms with E-state index in [-0.39, 0.29) is 13.1 Å². The first-order chi connectivity index (χ1) is 13.7. The Hall–Kier alpha value is -2.84. The number of nitrogens with zero attached hydrogens (tertiary/aromatic N) is 3. The molecule has 2 aromatic carbocycles. The number of imidazole rings is 1. The molecule has 0 aliphatic carbocycles. The van der Waals surface area contributed by atoms with E-state index in [9.17, 15) is 13.2 Å². The summed E-state index contributed by atoms with van der Waals surface area (Å²) < 4.78 is 27.3. The molecule has 1 N–H and O–H groups in total. The maximum Gasteiger partial charge on any atom is 0.241 e. The van der Waals surface area contributed by atoms with E-state index in [0.717, 1.165) is 27.4 Å². The normalized spacial score (nSPS) is 11.3. The van der Waals surface area contributed by atoms with Crippen LogP contribution in [0.25, 0.3) is 5.69 Å². The van der Waals surface area contributed by atoms with Gasteiger partial charge in [-0.2, -0.15) is 0 Å². The lowest BCUT2D eigenvalue weighted by Gasteiger charge is -2.22. The third kappa shape index (κ3) is 5.36. The Kier molecular flexibility index (Phi) is 6.24. The Morgan fingerprint density at radius 1 is 1.21 bits per heavy atom. The maximum atomic E-state index is 12.4. The van der Waals surface area contributed by atoms with Gasteiger partial charge in [0, 0.05) is 29.6 Å². The number of hydrogen-bond acceptors (Lipinski definition) is 4. The van der Waals surface area contributed by atoms with Crippen molar-refractivity contribution in [2.45, 2.75) is 13.5 Å². The highest BCUT2D eigenvalue weighted by atomic mass is 35.5. The predicted molar refractivity (Wildman–Crippen MR) is 114 cm³/mol. The fourth-order valence-electron chi connectivity index (χ4n) is 2.72. The Morgan fingerprint density at radius 2 is 1.93 bits per heavy atom. The van der Waals surface area contributed by atoms with E-state index in [0.29, 0.717) is 10.7 Å². The van der Waals surface area contributed by atoms with Gasteiger partial charge in [-0.25, -0.2) is 13.4 Å². The third-order valence-electron chi connectivity index (χ3n) is 4.36. The highest BCUT2D eigenvalue weighted by molar-refractivity contribution is 7.92. The van der Waals surface area contributed by atoms with Gasteiger partial charge in [0.1, 0.15) is 6.54 Å². The fourth-order valence-corrected chi connectivity index (χ4v) is 3.74. The van der Waals surface area contributed by atoms with Crippen LogP contribution in [0, 0.1) is 6.92 Å². The van der Waals surface area contributed by atoms with Crippen molar-refractivity contribution in [3.8, 4) is 5.69 Å². The average molecular weight is 433 g/mol. The lowest BCUT2D eigenvalue weighted by Crippen LogP contribution is -2.40. The molecule has 0 aliphatic heterocycles. The highest BCUT2D eigenvalue weighted by Gasteiger charge is 2.21. The Balaban J connectivity index is 1.65. The van der Waals surface area contributed by atoms with Crippen molar-refractivity contribution >= 4 is 33.2 Å². The molecular formula is C20H21ClN4O3S. The lowest BCUT2D eigenvalue weighted by atomic mass is 10.2. The molecule has 0 fully saturated rings. The first kappa shape index (κ1) is 20.9. The quantitative estimate of drug-likeness (QED) is 0.622. The van der Waals surface area contributed by atoms with E-state index in [1.807, 2.05) is 42.0 Å². The molecule has 0 saturated carbocycles. The summed E-state index contributed by atoms with van der Waals surface area (Å²) >= 11 is 6.11. The number of sulfonamides is 1. The molecule has 0 aliphatic rings. The summed E-state index contributed by atoms with van der Waals surface area (Å²) in [5.74, 6) is -0.411. The van der Waals surface area contributed by atoms with E-state index in [2.05, 4.69) is 10.3 Å². The predicted octanol–water partition coefficient (Wildman–Crippen LogP) is 2.92. The second kappa shape index (κ2) is 8.67. The summed E-state index contributed by atoms with van der Waals surface area (Å²) in [7, 11) is -3.65. The van der Waals surface area contributed by atoms with Crippen LogP contribution >= 0.6 is 11.6 Å². The van der Waals surface area contributed by atoms with Crippen LogP contribution in [0.2, 0.25) is 5.02 Å². The smallest absolute Gasteiger partial charge is 0.241 e. The van der Waals surface area contributed by atoms with E-state index in [1.54, 1.807) is 30.7 Å². The van der Waals surface area contributed by atoms with Gasteiger partial charge in [-0.15, -0.1) is 0 Å². The van der Waals surface area contributed by atoms with Gasteiger partial charge in [0.2, 0.25) is 15.9 Å². The number of aromatic nitrogens is 2. The Bertz CT molecular complexity index is 1100. The summed E-state index contributed by atoms with van der Waals surface area (Å²) in [4.78, 5) is 16.4. The van der Waals surface area contributed by atoms with Crippen molar-refractivity contribution in [2.24, 2.45) is 0 Å². The highest BCUT2D eigenvalue weighted by Crippen LogP contribution is 2.24.